The van der Waals surface area contributed by atoms with Gasteiger partial charge in [0.15, 0.2) is 11.6 Å². The Labute approximate surface area is 127 Å². The van der Waals surface area contributed by atoms with Crippen molar-refractivity contribution in [3.05, 3.63) is 35.4 Å². The highest BCUT2D eigenvalue weighted by Gasteiger charge is 2.37. The first-order valence-corrected chi connectivity index (χ1v) is 7.76. The van der Waals surface area contributed by atoms with Gasteiger partial charge in [-0.15, -0.1) is 0 Å². The van der Waals surface area contributed by atoms with Crippen molar-refractivity contribution in [1.29, 1.82) is 0 Å². The molecule has 0 aliphatic heterocycles. The Morgan fingerprint density at radius 2 is 1.71 bits per heavy atom. The van der Waals surface area contributed by atoms with Gasteiger partial charge < -0.3 is 10.2 Å². The molecule has 0 aliphatic carbocycles. The van der Waals surface area contributed by atoms with Crippen LogP contribution >= 0.6 is 0 Å². The number of benzene rings is 1. The van der Waals surface area contributed by atoms with Gasteiger partial charge in [-0.3, -0.25) is 0 Å². The van der Waals surface area contributed by atoms with Crippen LogP contribution in [0, 0.1) is 11.6 Å². The molecule has 1 atom stereocenters. The highest BCUT2D eigenvalue weighted by molar-refractivity contribution is 5.20. The highest BCUT2D eigenvalue weighted by Crippen LogP contribution is 2.28. The fourth-order valence-corrected chi connectivity index (χ4v) is 3.29. The Bertz CT molecular complexity index is 442. The van der Waals surface area contributed by atoms with E-state index in [-0.39, 0.29) is 11.6 Å². The first-order valence-electron chi connectivity index (χ1n) is 7.76. The van der Waals surface area contributed by atoms with Gasteiger partial charge in [0.05, 0.1) is 0 Å². The monoisotopic (exact) mass is 298 g/mol. The molecular formula is C17H28F2N2. The molecule has 120 valence electrons. The standard InChI is InChI=1S/C17H28F2N2/c1-6-17(7-2,21(4)5)16(20-8-3)12-13-9-10-14(18)15(19)11-13/h9-11,16,20H,6-8,12H2,1-5H3. The summed E-state index contributed by atoms with van der Waals surface area (Å²) < 4.78 is 26.5. The van der Waals surface area contributed by atoms with E-state index in [0.29, 0.717) is 6.42 Å². The van der Waals surface area contributed by atoms with Crippen LogP contribution in [0.2, 0.25) is 0 Å². The van der Waals surface area contributed by atoms with Crippen molar-refractivity contribution in [2.24, 2.45) is 0 Å². The summed E-state index contributed by atoms with van der Waals surface area (Å²) in [4.78, 5) is 2.25. The lowest BCUT2D eigenvalue weighted by Crippen LogP contribution is -2.59. The maximum absolute atomic E-state index is 13.4. The molecule has 1 aromatic carbocycles. The van der Waals surface area contributed by atoms with Crippen molar-refractivity contribution in [1.82, 2.24) is 10.2 Å². The summed E-state index contributed by atoms with van der Waals surface area (Å²) in [5.41, 5.74) is 0.828. The van der Waals surface area contributed by atoms with Crippen molar-refractivity contribution < 1.29 is 8.78 Å². The van der Waals surface area contributed by atoms with Crippen LogP contribution in [0.3, 0.4) is 0 Å². The minimum Gasteiger partial charge on any atom is -0.312 e. The lowest BCUT2D eigenvalue weighted by molar-refractivity contribution is 0.0889. The maximum atomic E-state index is 13.4. The van der Waals surface area contributed by atoms with Gasteiger partial charge >= 0.3 is 0 Å². The van der Waals surface area contributed by atoms with Crippen LogP contribution < -0.4 is 5.32 Å². The smallest absolute Gasteiger partial charge is 0.159 e. The Morgan fingerprint density at radius 3 is 2.14 bits per heavy atom. The summed E-state index contributed by atoms with van der Waals surface area (Å²) in [7, 11) is 4.17. The molecule has 0 spiro atoms. The number of rotatable bonds is 8. The largest absolute Gasteiger partial charge is 0.312 e. The summed E-state index contributed by atoms with van der Waals surface area (Å²) in [6.07, 6.45) is 2.68. The topological polar surface area (TPSA) is 15.3 Å². The third kappa shape index (κ3) is 4.01. The molecule has 1 unspecified atom stereocenters. The Hall–Kier alpha value is -1.00. The van der Waals surface area contributed by atoms with Gasteiger partial charge in [-0.1, -0.05) is 26.8 Å². The number of likely N-dealkylation sites (N-methyl/N-ethyl adjacent to an activating group) is 2. The van der Waals surface area contributed by atoms with E-state index in [4.69, 9.17) is 0 Å². The molecule has 0 amide bonds. The highest BCUT2D eigenvalue weighted by atomic mass is 19.2. The lowest BCUT2D eigenvalue weighted by atomic mass is 9.80. The van der Waals surface area contributed by atoms with Crippen LogP contribution in [0.4, 0.5) is 8.78 Å². The van der Waals surface area contributed by atoms with E-state index in [1.165, 1.54) is 12.1 Å². The van der Waals surface area contributed by atoms with Gasteiger partial charge in [0, 0.05) is 11.6 Å². The summed E-state index contributed by atoms with van der Waals surface area (Å²) in [6.45, 7) is 7.28. The van der Waals surface area contributed by atoms with Crippen LogP contribution in [0.1, 0.15) is 39.2 Å². The molecule has 0 radical (unpaired) electrons. The van der Waals surface area contributed by atoms with Crippen LogP contribution in [0.15, 0.2) is 18.2 Å². The van der Waals surface area contributed by atoms with E-state index in [1.54, 1.807) is 6.07 Å². The summed E-state index contributed by atoms with van der Waals surface area (Å²) in [6, 6.07) is 4.39. The van der Waals surface area contributed by atoms with Crippen molar-refractivity contribution >= 4 is 0 Å². The molecule has 1 N–H and O–H groups in total. The SMILES string of the molecule is CCNC(Cc1ccc(F)c(F)c1)C(CC)(CC)N(C)C. The molecule has 0 aliphatic rings. The summed E-state index contributed by atoms with van der Waals surface area (Å²) >= 11 is 0. The molecule has 0 saturated carbocycles. The fraction of sp³-hybridized carbons (Fsp3) is 0.647. The second kappa shape index (κ2) is 7.85. The van der Waals surface area contributed by atoms with Crippen molar-refractivity contribution in [3.8, 4) is 0 Å². The zero-order chi connectivity index (χ0) is 16.0. The maximum Gasteiger partial charge on any atom is 0.159 e. The molecule has 0 saturated heterocycles. The van der Waals surface area contributed by atoms with E-state index >= 15 is 0 Å². The molecule has 0 fully saturated rings. The second-order valence-corrected chi connectivity index (χ2v) is 5.77. The molecule has 1 aromatic rings. The minimum absolute atomic E-state index is 0.000865. The van der Waals surface area contributed by atoms with Gasteiger partial charge in [0.1, 0.15) is 0 Å². The van der Waals surface area contributed by atoms with Crippen molar-refractivity contribution in [2.75, 3.05) is 20.6 Å². The lowest BCUT2D eigenvalue weighted by Gasteiger charge is -2.45. The summed E-state index contributed by atoms with van der Waals surface area (Å²) in [5, 5.41) is 3.53. The van der Waals surface area contributed by atoms with Crippen molar-refractivity contribution in [2.45, 2.75) is 51.6 Å². The predicted molar refractivity (Wildman–Crippen MR) is 84.5 cm³/mol. The van der Waals surface area contributed by atoms with Crippen LogP contribution in [-0.4, -0.2) is 37.1 Å². The zero-order valence-corrected chi connectivity index (χ0v) is 13.8. The van der Waals surface area contributed by atoms with Gasteiger partial charge in [-0.2, -0.15) is 0 Å². The molecular weight excluding hydrogens is 270 g/mol. The number of hydrogen-bond donors (Lipinski definition) is 1. The molecule has 0 heterocycles. The Morgan fingerprint density at radius 1 is 1.10 bits per heavy atom. The predicted octanol–water partition coefficient (Wildman–Crippen LogP) is 3.61. The van der Waals surface area contributed by atoms with Crippen LogP contribution in [0.5, 0.6) is 0 Å². The van der Waals surface area contributed by atoms with Gasteiger partial charge in [-0.05, 0) is 57.6 Å². The van der Waals surface area contributed by atoms with E-state index in [9.17, 15) is 8.78 Å². The normalized spacial score (nSPS) is 13.7. The summed E-state index contributed by atoms with van der Waals surface area (Å²) in [5.74, 6) is -1.56. The average molecular weight is 298 g/mol. The van der Waals surface area contributed by atoms with Crippen LogP contribution in [0.25, 0.3) is 0 Å². The Balaban J connectivity index is 3.07. The molecule has 0 aromatic heterocycles. The Kier molecular flexibility index (Phi) is 6.75. The van der Waals surface area contributed by atoms with Gasteiger partial charge in [0.2, 0.25) is 0 Å². The molecule has 21 heavy (non-hydrogen) atoms. The van der Waals surface area contributed by atoms with Gasteiger partial charge in [0.25, 0.3) is 0 Å². The van der Waals surface area contributed by atoms with E-state index in [1.807, 2.05) is 0 Å². The first-order chi connectivity index (χ1) is 9.91. The van der Waals surface area contributed by atoms with E-state index < -0.39 is 11.6 Å². The number of halogens is 2. The van der Waals surface area contributed by atoms with E-state index in [0.717, 1.165) is 24.9 Å². The molecule has 2 nitrogen and oxygen atoms in total. The number of nitrogens with zero attached hydrogens (tertiary/aromatic N) is 1. The number of hydrogen-bond acceptors (Lipinski definition) is 2. The second-order valence-electron chi connectivity index (χ2n) is 5.77. The zero-order valence-electron chi connectivity index (χ0n) is 13.8. The quantitative estimate of drug-likeness (QED) is 0.789. The van der Waals surface area contributed by atoms with Crippen LogP contribution in [-0.2, 0) is 6.42 Å². The average Bonchev–Trinajstić information content (AvgIpc) is 2.44. The minimum atomic E-state index is -0.788. The first kappa shape index (κ1) is 18.1. The third-order valence-corrected chi connectivity index (χ3v) is 4.64. The molecule has 0 bridgehead atoms. The molecule has 1 rings (SSSR count). The number of nitrogens with one attached hydrogen (secondary N) is 1. The fourth-order valence-electron chi connectivity index (χ4n) is 3.29. The van der Waals surface area contributed by atoms with Gasteiger partial charge in [-0.25, -0.2) is 8.78 Å². The third-order valence-electron chi connectivity index (χ3n) is 4.64. The molecule has 4 heteroatoms. The van der Waals surface area contributed by atoms with E-state index in [2.05, 4.69) is 45.1 Å². The van der Waals surface area contributed by atoms with Crippen molar-refractivity contribution in [3.63, 3.8) is 0 Å².